The van der Waals surface area contributed by atoms with E-state index in [1.165, 1.54) is 0 Å². The van der Waals surface area contributed by atoms with Crippen molar-refractivity contribution >= 4 is 23.3 Å². The summed E-state index contributed by atoms with van der Waals surface area (Å²) in [6.45, 7) is 1.82. The van der Waals surface area contributed by atoms with Gasteiger partial charge in [0, 0.05) is 6.20 Å². The Kier molecular flexibility index (Phi) is 0.849. The van der Waals surface area contributed by atoms with Crippen molar-refractivity contribution in [3.63, 3.8) is 0 Å². The van der Waals surface area contributed by atoms with E-state index >= 15 is 0 Å². The van der Waals surface area contributed by atoms with Gasteiger partial charge in [0.15, 0.2) is 11.3 Å². The Balaban J connectivity index is 1.96. The van der Waals surface area contributed by atoms with Crippen molar-refractivity contribution in [3.8, 4) is 11.5 Å². The third-order valence-corrected chi connectivity index (χ3v) is 5.22. The molecule has 3 aliphatic rings. The van der Waals surface area contributed by atoms with Crippen LogP contribution in [-0.4, -0.2) is 9.97 Å². The molecule has 5 heteroatoms. The number of hydrogen-bond donors (Lipinski definition) is 0. The maximum Gasteiger partial charge on any atom is 0.214 e. The van der Waals surface area contributed by atoms with Gasteiger partial charge in [-0.15, -0.1) is 0 Å². The SMILES string of the molecule is Cc1nccc(-c2oc3c4c2P34=O)n1. The molecule has 3 aliphatic heterocycles. The van der Waals surface area contributed by atoms with Crippen LogP contribution < -0.4 is 16.1 Å². The van der Waals surface area contributed by atoms with Gasteiger partial charge in [-0.05, 0) is 13.0 Å². The van der Waals surface area contributed by atoms with Gasteiger partial charge in [0.05, 0.1) is 10.6 Å². The lowest BCUT2D eigenvalue weighted by Crippen LogP contribution is -1.97. The van der Waals surface area contributed by atoms with E-state index in [0.29, 0.717) is 11.6 Å². The van der Waals surface area contributed by atoms with Crippen LogP contribution in [0.4, 0.5) is 0 Å². The first-order valence-electron chi connectivity index (χ1n) is 4.31. The number of fused-ring (bicyclic) bond motifs is 1. The molecule has 0 aliphatic carbocycles. The summed E-state index contributed by atoms with van der Waals surface area (Å²) < 4.78 is 17.1. The Bertz CT molecular complexity index is 635. The fourth-order valence-electron chi connectivity index (χ4n) is 1.86. The quantitative estimate of drug-likeness (QED) is 0.419. The molecule has 14 heavy (non-hydrogen) atoms. The summed E-state index contributed by atoms with van der Waals surface area (Å²) in [5.74, 6) is 1.40. The summed E-state index contributed by atoms with van der Waals surface area (Å²) in [7, 11) is -2.10. The van der Waals surface area contributed by atoms with Crippen molar-refractivity contribution in [3.05, 3.63) is 18.1 Å². The molecule has 2 aromatic heterocycles. The molecule has 0 radical (unpaired) electrons. The van der Waals surface area contributed by atoms with Crippen LogP contribution in [0, 0.1) is 6.92 Å². The van der Waals surface area contributed by atoms with Gasteiger partial charge in [0.2, 0.25) is 7.14 Å². The molecule has 1 atom stereocenters. The summed E-state index contributed by atoms with van der Waals surface area (Å²) in [6, 6.07) is 1.78. The van der Waals surface area contributed by atoms with E-state index in [1.807, 2.05) is 6.92 Å². The molecule has 0 N–H and O–H groups in total. The van der Waals surface area contributed by atoms with Gasteiger partial charge >= 0.3 is 0 Å². The fraction of sp³-hybridized carbons (Fsp3) is 0.111. The molecule has 0 amide bonds. The molecule has 0 fully saturated rings. The Morgan fingerprint density at radius 2 is 2.21 bits per heavy atom. The van der Waals surface area contributed by atoms with Crippen molar-refractivity contribution in [2.75, 3.05) is 0 Å². The van der Waals surface area contributed by atoms with Gasteiger partial charge in [-0.2, -0.15) is 0 Å². The van der Waals surface area contributed by atoms with Crippen LogP contribution in [0.2, 0.25) is 0 Å². The van der Waals surface area contributed by atoms with Gasteiger partial charge in [0.25, 0.3) is 0 Å². The van der Waals surface area contributed by atoms with Gasteiger partial charge in [-0.25, -0.2) is 9.97 Å². The highest BCUT2D eigenvalue weighted by atomic mass is 31.2. The van der Waals surface area contributed by atoms with Crippen molar-refractivity contribution in [2.24, 2.45) is 0 Å². The van der Waals surface area contributed by atoms with Crippen LogP contribution in [0.15, 0.2) is 16.7 Å². The summed E-state index contributed by atoms with van der Waals surface area (Å²) in [5, 5.41) is 1.90. The molecule has 0 saturated carbocycles. The van der Waals surface area contributed by atoms with Crippen LogP contribution in [0.3, 0.4) is 0 Å². The third kappa shape index (κ3) is 0.537. The molecule has 0 spiro atoms. The Morgan fingerprint density at radius 1 is 1.43 bits per heavy atom. The van der Waals surface area contributed by atoms with Crippen LogP contribution in [0.25, 0.3) is 11.5 Å². The number of aryl methyl sites for hydroxylation is 1. The Hall–Kier alpha value is -1.41. The zero-order chi connectivity index (χ0) is 9.50. The van der Waals surface area contributed by atoms with E-state index in [-0.39, 0.29) is 0 Å². The van der Waals surface area contributed by atoms with E-state index in [1.54, 1.807) is 12.3 Å². The summed E-state index contributed by atoms with van der Waals surface area (Å²) in [4.78, 5) is 8.24. The molecule has 5 heterocycles. The maximum atomic E-state index is 11.7. The minimum atomic E-state index is -2.10. The molecule has 68 valence electrons. The first-order chi connectivity index (χ1) is 6.73. The fourth-order valence-corrected chi connectivity index (χ4v) is 4.35. The third-order valence-electron chi connectivity index (χ3n) is 2.67. The van der Waals surface area contributed by atoms with Crippen LogP contribution in [-0.2, 0) is 4.57 Å². The van der Waals surface area contributed by atoms with Crippen molar-refractivity contribution in [1.29, 1.82) is 0 Å². The molecular formula is C9H5N2O2P. The zero-order valence-electron chi connectivity index (χ0n) is 7.31. The highest BCUT2D eigenvalue weighted by Gasteiger charge is 2.74. The van der Waals surface area contributed by atoms with Gasteiger partial charge in [-0.3, -0.25) is 0 Å². The summed E-state index contributed by atoms with van der Waals surface area (Å²) in [6.07, 6.45) is 1.69. The van der Waals surface area contributed by atoms with E-state index in [0.717, 1.165) is 21.8 Å². The number of hydrogen-bond acceptors (Lipinski definition) is 4. The average Bonchev–Trinajstić information content (AvgIpc) is 2.82. The lowest BCUT2D eigenvalue weighted by Gasteiger charge is -1.94. The van der Waals surface area contributed by atoms with Crippen LogP contribution in [0.5, 0.6) is 0 Å². The molecule has 2 aromatic rings. The second-order valence-electron chi connectivity index (χ2n) is 3.53. The first-order valence-corrected chi connectivity index (χ1v) is 6.02. The molecule has 1 unspecified atom stereocenters. The molecule has 0 saturated heterocycles. The van der Waals surface area contributed by atoms with E-state index < -0.39 is 7.14 Å². The topological polar surface area (TPSA) is 56.0 Å². The molecule has 0 aromatic carbocycles. The monoisotopic (exact) mass is 204 g/mol. The van der Waals surface area contributed by atoms with Gasteiger partial charge < -0.3 is 8.98 Å². The summed E-state index contributed by atoms with van der Waals surface area (Å²) >= 11 is 0. The van der Waals surface area contributed by atoms with Gasteiger partial charge in [-0.1, -0.05) is 0 Å². The lowest BCUT2D eigenvalue weighted by atomic mass is 10.3. The normalized spacial score (nSPS) is 24.6. The highest BCUT2D eigenvalue weighted by molar-refractivity contribution is 8.06. The lowest BCUT2D eigenvalue weighted by molar-refractivity contribution is 0.590. The van der Waals surface area contributed by atoms with E-state index in [2.05, 4.69) is 9.97 Å². The standard InChI is InChI=1S/C9H5N2O2P/c1-4-10-3-2-5(11-4)6-7-8-9(13-6)14(7,8)12/h2-3H,1H3. The van der Waals surface area contributed by atoms with Crippen LogP contribution >= 0.6 is 7.14 Å². The molecule has 2 bridgehead atoms. The number of furan rings is 1. The second-order valence-corrected chi connectivity index (χ2v) is 6.05. The first kappa shape index (κ1) is 6.96. The second kappa shape index (κ2) is 1.71. The largest absolute Gasteiger partial charge is 0.449 e. The van der Waals surface area contributed by atoms with Gasteiger partial charge in [0.1, 0.15) is 11.5 Å². The number of nitrogens with zero attached hydrogens (tertiary/aromatic N) is 2. The predicted molar refractivity (Wildman–Crippen MR) is 51.0 cm³/mol. The predicted octanol–water partition coefficient (Wildman–Crippen LogP) is 0.311. The minimum Gasteiger partial charge on any atom is -0.449 e. The summed E-state index contributed by atoms with van der Waals surface area (Å²) in [5.41, 5.74) is 1.47. The van der Waals surface area contributed by atoms with Crippen molar-refractivity contribution < 1.29 is 8.98 Å². The van der Waals surface area contributed by atoms with Crippen molar-refractivity contribution in [2.45, 2.75) is 6.92 Å². The number of aromatic nitrogens is 2. The average molecular weight is 204 g/mol. The van der Waals surface area contributed by atoms with Crippen LogP contribution in [0.1, 0.15) is 5.82 Å². The molecule has 4 nitrogen and oxygen atoms in total. The minimum absolute atomic E-state index is 0.698. The number of rotatable bonds is 1. The van der Waals surface area contributed by atoms with Crippen molar-refractivity contribution in [1.82, 2.24) is 9.97 Å². The molecular weight excluding hydrogens is 199 g/mol. The van der Waals surface area contributed by atoms with E-state index in [4.69, 9.17) is 4.42 Å². The zero-order valence-corrected chi connectivity index (χ0v) is 8.21. The highest BCUT2D eigenvalue weighted by Crippen LogP contribution is 2.70. The Labute approximate surface area is 79.4 Å². The van der Waals surface area contributed by atoms with E-state index in [9.17, 15) is 4.57 Å². The Morgan fingerprint density at radius 3 is 2.79 bits per heavy atom. The smallest absolute Gasteiger partial charge is 0.214 e. The maximum absolute atomic E-state index is 11.7. The molecule has 5 rings (SSSR count).